The highest BCUT2D eigenvalue weighted by molar-refractivity contribution is 5.58. The summed E-state index contributed by atoms with van der Waals surface area (Å²) in [6, 6.07) is 18.9. The van der Waals surface area contributed by atoms with E-state index in [1.54, 1.807) is 12.3 Å². The smallest absolute Gasteiger partial charge is 0.231 e. The van der Waals surface area contributed by atoms with Crippen molar-refractivity contribution < 1.29 is 4.39 Å². The molecule has 0 atom stereocenters. The van der Waals surface area contributed by atoms with Crippen molar-refractivity contribution in [3.05, 3.63) is 72.7 Å². The van der Waals surface area contributed by atoms with Crippen LogP contribution in [0, 0.1) is 5.82 Å². The highest BCUT2D eigenvalue weighted by Crippen LogP contribution is 2.24. The summed E-state index contributed by atoms with van der Waals surface area (Å²) < 4.78 is 14.0. The normalized spacial score (nSPS) is 14.3. The average Bonchev–Trinajstić information content (AvgIpc) is 2.74. The molecule has 0 radical (unpaired) electrons. The predicted molar refractivity (Wildman–Crippen MR) is 107 cm³/mol. The Labute approximate surface area is 158 Å². The Balaban J connectivity index is 1.47. The van der Waals surface area contributed by atoms with Crippen LogP contribution in [0.5, 0.6) is 0 Å². The van der Waals surface area contributed by atoms with Crippen molar-refractivity contribution in [2.75, 3.05) is 47.9 Å². The third-order valence-corrected chi connectivity index (χ3v) is 4.87. The molecule has 27 heavy (non-hydrogen) atoms. The first-order chi connectivity index (χ1) is 13.2. The molecule has 0 N–H and O–H groups in total. The summed E-state index contributed by atoms with van der Waals surface area (Å²) in [5.74, 6) is 1.39. The maximum absolute atomic E-state index is 14.0. The van der Waals surface area contributed by atoms with Gasteiger partial charge in [-0.05, 0) is 30.3 Å². The van der Waals surface area contributed by atoms with Gasteiger partial charge in [0.2, 0.25) is 5.95 Å². The number of piperazine rings is 1. The summed E-state index contributed by atoms with van der Waals surface area (Å²) in [5, 5.41) is 0. The van der Waals surface area contributed by atoms with Crippen LogP contribution < -0.4 is 14.7 Å². The third kappa shape index (κ3) is 3.69. The van der Waals surface area contributed by atoms with Crippen LogP contribution in [0.4, 0.5) is 27.5 Å². The Morgan fingerprint density at radius 2 is 1.52 bits per heavy atom. The lowest BCUT2D eigenvalue weighted by molar-refractivity contribution is 0.596. The number of halogens is 1. The topological polar surface area (TPSA) is 35.5 Å². The van der Waals surface area contributed by atoms with Crippen molar-refractivity contribution in [3.8, 4) is 0 Å². The molecule has 0 amide bonds. The summed E-state index contributed by atoms with van der Waals surface area (Å²) in [7, 11) is 1.96. The molecule has 0 spiro atoms. The summed E-state index contributed by atoms with van der Waals surface area (Å²) in [5.41, 5.74) is 1.71. The van der Waals surface area contributed by atoms with Gasteiger partial charge in [0, 0.05) is 45.1 Å². The van der Waals surface area contributed by atoms with Gasteiger partial charge in [0.15, 0.2) is 0 Å². The lowest BCUT2D eigenvalue weighted by Crippen LogP contribution is -2.47. The average molecular weight is 363 g/mol. The summed E-state index contributed by atoms with van der Waals surface area (Å²) in [6.45, 7) is 3.10. The van der Waals surface area contributed by atoms with Crippen LogP contribution in [-0.2, 0) is 0 Å². The first-order valence-corrected chi connectivity index (χ1v) is 9.08. The van der Waals surface area contributed by atoms with Gasteiger partial charge in [-0.25, -0.2) is 9.37 Å². The number of benzene rings is 2. The number of anilines is 4. The van der Waals surface area contributed by atoms with E-state index in [0.29, 0.717) is 11.6 Å². The molecule has 3 aromatic rings. The molecular weight excluding hydrogens is 341 g/mol. The molecule has 1 aromatic heterocycles. The Bertz CT molecular complexity index is 894. The molecule has 2 aromatic carbocycles. The van der Waals surface area contributed by atoms with Crippen LogP contribution in [0.1, 0.15) is 0 Å². The molecule has 5 nitrogen and oxygen atoms in total. The number of rotatable bonds is 4. The monoisotopic (exact) mass is 363 g/mol. The number of aromatic nitrogens is 2. The van der Waals surface area contributed by atoms with E-state index in [1.807, 2.05) is 60.5 Å². The van der Waals surface area contributed by atoms with Crippen molar-refractivity contribution in [3.63, 3.8) is 0 Å². The number of hydrogen-bond donors (Lipinski definition) is 0. The molecule has 0 bridgehead atoms. The Hall–Kier alpha value is -3.15. The van der Waals surface area contributed by atoms with Crippen molar-refractivity contribution in [2.24, 2.45) is 0 Å². The lowest BCUT2D eigenvalue weighted by Gasteiger charge is -2.37. The lowest BCUT2D eigenvalue weighted by atomic mass is 10.2. The Morgan fingerprint density at radius 1 is 0.852 bits per heavy atom. The quantitative estimate of drug-likeness (QED) is 0.706. The summed E-state index contributed by atoms with van der Waals surface area (Å²) in [4.78, 5) is 15.4. The highest BCUT2D eigenvalue weighted by Gasteiger charge is 2.21. The predicted octanol–water partition coefficient (Wildman–Crippen LogP) is 3.71. The second kappa shape index (κ2) is 7.61. The van der Waals surface area contributed by atoms with E-state index in [-0.39, 0.29) is 5.82 Å². The number of hydrogen-bond acceptors (Lipinski definition) is 5. The molecule has 1 fully saturated rings. The first kappa shape index (κ1) is 17.3. The van der Waals surface area contributed by atoms with Gasteiger partial charge >= 0.3 is 0 Å². The SMILES string of the molecule is CN(c1ccccc1)c1nccc(N2CCN(c3ccccc3F)CC2)n1. The maximum Gasteiger partial charge on any atom is 0.231 e. The second-order valence-electron chi connectivity index (χ2n) is 6.53. The molecular formula is C21H22FN5. The van der Waals surface area contributed by atoms with Crippen LogP contribution in [0.25, 0.3) is 0 Å². The maximum atomic E-state index is 14.0. The van der Waals surface area contributed by atoms with Crippen LogP contribution in [0.15, 0.2) is 66.9 Å². The molecule has 0 aliphatic carbocycles. The van der Waals surface area contributed by atoms with E-state index in [1.165, 1.54) is 6.07 Å². The Morgan fingerprint density at radius 3 is 2.26 bits per heavy atom. The van der Waals surface area contributed by atoms with Crippen molar-refractivity contribution >= 4 is 23.1 Å². The molecule has 1 saturated heterocycles. The van der Waals surface area contributed by atoms with Gasteiger partial charge in [-0.3, -0.25) is 0 Å². The minimum absolute atomic E-state index is 0.167. The van der Waals surface area contributed by atoms with E-state index >= 15 is 0 Å². The fourth-order valence-electron chi connectivity index (χ4n) is 3.33. The standard InChI is InChI=1S/C21H22FN5/c1-25(17-7-3-2-4-8-17)21-23-12-11-20(24-21)27-15-13-26(14-16-27)19-10-6-5-9-18(19)22/h2-12H,13-16H2,1H3. The highest BCUT2D eigenvalue weighted by atomic mass is 19.1. The van der Waals surface area contributed by atoms with Gasteiger partial charge in [0.1, 0.15) is 11.6 Å². The van der Waals surface area contributed by atoms with E-state index in [9.17, 15) is 4.39 Å². The van der Waals surface area contributed by atoms with Gasteiger partial charge in [-0.2, -0.15) is 4.98 Å². The van der Waals surface area contributed by atoms with E-state index in [0.717, 1.165) is 37.7 Å². The fraction of sp³-hybridized carbons (Fsp3) is 0.238. The summed E-state index contributed by atoms with van der Waals surface area (Å²) >= 11 is 0. The van der Waals surface area contributed by atoms with Crippen LogP contribution in [0.3, 0.4) is 0 Å². The van der Waals surface area contributed by atoms with Crippen LogP contribution in [-0.4, -0.2) is 43.2 Å². The molecule has 4 rings (SSSR count). The van der Waals surface area contributed by atoms with Crippen LogP contribution in [0.2, 0.25) is 0 Å². The zero-order valence-corrected chi connectivity index (χ0v) is 15.3. The van der Waals surface area contributed by atoms with Gasteiger partial charge in [-0.15, -0.1) is 0 Å². The van der Waals surface area contributed by atoms with Gasteiger partial charge in [-0.1, -0.05) is 30.3 Å². The minimum Gasteiger partial charge on any atom is -0.366 e. The van der Waals surface area contributed by atoms with Crippen molar-refractivity contribution in [2.45, 2.75) is 0 Å². The number of nitrogens with zero attached hydrogens (tertiary/aromatic N) is 5. The molecule has 1 aliphatic rings. The van der Waals surface area contributed by atoms with Crippen molar-refractivity contribution in [1.82, 2.24) is 9.97 Å². The van der Waals surface area contributed by atoms with Gasteiger partial charge in [0.25, 0.3) is 0 Å². The molecule has 0 unspecified atom stereocenters. The van der Waals surface area contributed by atoms with Crippen molar-refractivity contribution in [1.29, 1.82) is 0 Å². The minimum atomic E-state index is -0.167. The van der Waals surface area contributed by atoms with E-state index < -0.39 is 0 Å². The first-order valence-electron chi connectivity index (χ1n) is 9.08. The molecule has 0 saturated carbocycles. The van der Waals surface area contributed by atoms with Gasteiger partial charge < -0.3 is 14.7 Å². The Kier molecular flexibility index (Phi) is 4.87. The summed E-state index contributed by atoms with van der Waals surface area (Å²) in [6.07, 6.45) is 1.79. The van der Waals surface area contributed by atoms with E-state index in [4.69, 9.17) is 4.98 Å². The van der Waals surface area contributed by atoms with Gasteiger partial charge in [0.05, 0.1) is 5.69 Å². The molecule has 138 valence electrons. The largest absolute Gasteiger partial charge is 0.366 e. The molecule has 6 heteroatoms. The fourth-order valence-corrected chi connectivity index (χ4v) is 3.33. The number of para-hydroxylation sites is 2. The zero-order chi connectivity index (χ0) is 18.6. The second-order valence-corrected chi connectivity index (χ2v) is 6.53. The molecule has 1 aliphatic heterocycles. The van der Waals surface area contributed by atoms with Crippen LogP contribution >= 0.6 is 0 Å². The zero-order valence-electron chi connectivity index (χ0n) is 15.3. The molecule has 2 heterocycles. The van der Waals surface area contributed by atoms with E-state index in [2.05, 4.69) is 14.8 Å². The third-order valence-electron chi connectivity index (χ3n) is 4.87.